The quantitative estimate of drug-likeness (QED) is 0.301. The van der Waals surface area contributed by atoms with Crippen LogP contribution < -0.4 is 10.1 Å². The number of rotatable bonds is 8. The molecule has 1 saturated heterocycles. The number of fused-ring (bicyclic) bond motifs is 1. The fraction of sp³-hybridized carbons (Fsp3) is 0.375. The van der Waals surface area contributed by atoms with E-state index in [2.05, 4.69) is 57.8 Å². The molecule has 3 aromatic carbocycles. The molecule has 6 heteroatoms. The molecule has 2 heterocycles. The van der Waals surface area contributed by atoms with E-state index >= 15 is 0 Å². The lowest BCUT2D eigenvalue weighted by atomic mass is 9.91. The Balaban J connectivity index is 0.00000107. The van der Waals surface area contributed by atoms with Crippen LogP contribution in [-0.2, 0) is 19.6 Å². The van der Waals surface area contributed by atoms with E-state index in [0.29, 0.717) is 12.2 Å². The standard InChI is InChI=1S/C30H31N3O2.C2H7N/c1-22-29(34-21-26-9-7-24(19-31)8-10-26)14-12-27-28(32-35-30(22)27)13-11-23-15-17-33(18-16-23)20-25-5-3-2-4-6-25;1-3-2/h2-10,12,14,23H,11,13,15-18,20-21H2,1H3;3H,1-2H3. The van der Waals surface area contributed by atoms with Crippen molar-refractivity contribution in [2.75, 3.05) is 27.2 Å². The van der Waals surface area contributed by atoms with Gasteiger partial charge in [-0.1, -0.05) is 47.6 Å². The molecule has 0 amide bonds. The van der Waals surface area contributed by atoms with E-state index in [1.54, 1.807) is 0 Å². The normalized spacial score (nSPS) is 14.1. The number of hydrogen-bond donors (Lipinski definition) is 1. The van der Waals surface area contributed by atoms with Crippen LogP contribution in [0, 0.1) is 24.2 Å². The van der Waals surface area contributed by atoms with Crippen molar-refractivity contribution in [2.45, 2.75) is 45.8 Å². The fourth-order valence-electron chi connectivity index (χ4n) is 4.96. The second kappa shape index (κ2) is 13.8. The first-order valence-corrected chi connectivity index (χ1v) is 13.5. The zero-order valence-corrected chi connectivity index (χ0v) is 22.7. The summed E-state index contributed by atoms with van der Waals surface area (Å²) in [5, 5.41) is 17.2. The van der Waals surface area contributed by atoms with Crippen LogP contribution in [0.5, 0.6) is 5.75 Å². The van der Waals surface area contributed by atoms with Crippen LogP contribution in [0.3, 0.4) is 0 Å². The molecule has 6 nitrogen and oxygen atoms in total. The van der Waals surface area contributed by atoms with E-state index in [-0.39, 0.29) is 0 Å². The lowest BCUT2D eigenvalue weighted by molar-refractivity contribution is 0.172. The summed E-state index contributed by atoms with van der Waals surface area (Å²) in [7, 11) is 3.75. The van der Waals surface area contributed by atoms with E-state index < -0.39 is 0 Å². The number of nitrogens with zero attached hydrogens (tertiary/aromatic N) is 3. The zero-order chi connectivity index (χ0) is 26.7. The van der Waals surface area contributed by atoms with Crippen molar-refractivity contribution in [3.05, 3.63) is 94.7 Å². The lowest BCUT2D eigenvalue weighted by Crippen LogP contribution is -2.33. The largest absolute Gasteiger partial charge is 0.488 e. The monoisotopic (exact) mass is 510 g/mol. The second-order valence-corrected chi connectivity index (χ2v) is 10.0. The van der Waals surface area contributed by atoms with Gasteiger partial charge in [0.05, 0.1) is 17.3 Å². The van der Waals surface area contributed by atoms with Gasteiger partial charge in [-0.05, 0) is 101 Å². The Hall–Kier alpha value is -3.66. The van der Waals surface area contributed by atoms with Gasteiger partial charge in [-0.3, -0.25) is 4.90 Å². The highest BCUT2D eigenvalue weighted by atomic mass is 16.5. The van der Waals surface area contributed by atoms with Gasteiger partial charge in [-0.2, -0.15) is 5.26 Å². The van der Waals surface area contributed by atoms with Gasteiger partial charge in [0.15, 0.2) is 5.58 Å². The van der Waals surface area contributed by atoms with Gasteiger partial charge in [0, 0.05) is 17.5 Å². The smallest absolute Gasteiger partial charge is 0.173 e. The predicted molar refractivity (Wildman–Crippen MR) is 152 cm³/mol. The van der Waals surface area contributed by atoms with Crippen LogP contribution in [0.25, 0.3) is 11.0 Å². The van der Waals surface area contributed by atoms with Crippen LogP contribution in [0.4, 0.5) is 0 Å². The summed E-state index contributed by atoms with van der Waals surface area (Å²) in [6.45, 7) is 5.85. The maximum Gasteiger partial charge on any atom is 0.173 e. The molecule has 4 aromatic rings. The summed E-state index contributed by atoms with van der Waals surface area (Å²) >= 11 is 0. The average molecular weight is 511 g/mol. The number of hydrogen-bond acceptors (Lipinski definition) is 6. The molecule has 5 rings (SSSR count). The van der Waals surface area contributed by atoms with Gasteiger partial charge in [0.1, 0.15) is 12.4 Å². The molecule has 0 saturated carbocycles. The molecule has 0 spiro atoms. The molecule has 198 valence electrons. The van der Waals surface area contributed by atoms with Crippen molar-refractivity contribution in [1.29, 1.82) is 5.26 Å². The van der Waals surface area contributed by atoms with Crippen LogP contribution in [0.15, 0.2) is 71.3 Å². The second-order valence-electron chi connectivity index (χ2n) is 10.0. The summed E-state index contributed by atoms with van der Waals surface area (Å²) in [4.78, 5) is 2.57. The van der Waals surface area contributed by atoms with Crippen molar-refractivity contribution in [3.8, 4) is 11.8 Å². The molecule has 0 unspecified atom stereocenters. The van der Waals surface area contributed by atoms with Gasteiger partial charge >= 0.3 is 0 Å². The fourth-order valence-corrected chi connectivity index (χ4v) is 4.96. The van der Waals surface area contributed by atoms with Gasteiger partial charge in [0.2, 0.25) is 0 Å². The zero-order valence-electron chi connectivity index (χ0n) is 22.7. The maximum absolute atomic E-state index is 8.95. The Morgan fingerprint density at radius 3 is 2.39 bits per heavy atom. The lowest BCUT2D eigenvalue weighted by Gasteiger charge is -2.31. The first-order chi connectivity index (χ1) is 18.6. The summed E-state index contributed by atoms with van der Waals surface area (Å²) in [5.74, 6) is 1.54. The highest BCUT2D eigenvalue weighted by Gasteiger charge is 2.21. The molecular weight excluding hydrogens is 472 g/mol. The summed E-state index contributed by atoms with van der Waals surface area (Å²) in [6, 6.07) is 24.4. The molecule has 0 radical (unpaired) electrons. The van der Waals surface area contributed by atoms with Crippen molar-refractivity contribution < 1.29 is 9.26 Å². The molecule has 1 N–H and O–H groups in total. The van der Waals surface area contributed by atoms with Gasteiger partial charge in [-0.15, -0.1) is 0 Å². The molecule has 1 fully saturated rings. The minimum absolute atomic E-state index is 0.446. The molecule has 0 aliphatic carbocycles. The number of nitriles is 1. The van der Waals surface area contributed by atoms with E-state index in [0.717, 1.165) is 71.9 Å². The Morgan fingerprint density at radius 2 is 1.71 bits per heavy atom. The molecule has 1 aliphatic heterocycles. The summed E-state index contributed by atoms with van der Waals surface area (Å²) in [6.07, 6.45) is 4.59. The van der Waals surface area contributed by atoms with E-state index in [4.69, 9.17) is 14.5 Å². The van der Waals surface area contributed by atoms with E-state index in [1.165, 1.54) is 18.4 Å². The minimum Gasteiger partial charge on any atom is -0.488 e. The van der Waals surface area contributed by atoms with Crippen LogP contribution >= 0.6 is 0 Å². The predicted octanol–water partition coefficient (Wildman–Crippen LogP) is 6.27. The average Bonchev–Trinajstić information content (AvgIpc) is 3.37. The van der Waals surface area contributed by atoms with Crippen LogP contribution in [0.1, 0.15) is 47.2 Å². The number of likely N-dealkylation sites (tertiary alicyclic amines) is 1. The van der Waals surface area contributed by atoms with Gasteiger partial charge in [-0.25, -0.2) is 0 Å². The van der Waals surface area contributed by atoms with Gasteiger partial charge < -0.3 is 14.6 Å². The maximum atomic E-state index is 8.95. The highest BCUT2D eigenvalue weighted by Crippen LogP contribution is 2.31. The number of nitrogens with one attached hydrogen (secondary N) is 1. The first-order valence-electron chi connectivity index (χ1n) is 13.5. The van der Waals surface area contributed by atoms with Crippen molar-refractivity contribution in [1.82, 2.24) is 15.4 Å². The minimum atomic E-state index is 0.446. The SMILES string of the molecule is CNC.Cc1c(OCc2ccc(C#N)cc2)ccc2c(CCC3CCN(Cc4ccccc4)CC3)noc12. The van der Waals surface area contributed by atoms with Crippen molar-refractivity contribution in [2.24, 2.45) is 5.92 Å². The molecule has 0 atom stereocenters. The van der Waals surface area contributed by atoms with Crippen molar-refractivity contribution in [3.63, 3.8) is 0 Å². The number of benzene rings is 3. The molecule has 0 bridgehead atoms. The molecular formula is C32H38N4O2. The summed E-state index contributed by atoms with van der Waals surface area (Å²) < 4.78 is 11.8. The third-order valence-corrected chi connectivity index (χ3v) is 7.14. The highest BCUT2D eigenvalue weighted by molar-refractivity contribution is 5.84. The Kier molecular flexibility index (Phi) is 9.91. The Bertz CT molecular complexity index is 1320. The number of aryl methyl sites for hydroxylation is 2. The molecule has 1 aromatic heterocycles. The van der Waals surface area contributed by atoms with Crippen molar-refractivity contribution >= 4 is 11.0 Å². The number of piperidine rings is 1. The number of ether oxygens (including phenoxy) is 1. The molecule has 38 heavy (non-hydrogen) atoms. The third-order valence-electron chi connectivity index (χ3n) is 7.14. The van der Waals surface area contributed by atoms with Crippen LogP contribution in [0.2, 0.25) is 0 Å². The topological polar surface area (TPSA) is 74.3 Å². The van der Waals surface area contributed by atoms with Crippen LogP contribution in [-0.4, -0.2) is 37.2 Å². The third kappa shape index (κ3) is 7.22. The Labute approximate surface area is 226 Å². The molecule has 1 aliphatic rings. The Morgan fingerprint density at radius 1 is 1.00 bits per heavy atom. The van der Waals surface area contributed by atoms with E-state index in [9.17, 15) is 0 Å². The van der Waals surface area contributed by atoms with Gasteiger partial charge in [0.25, 0.3) is 0 Å². The first kappa shape index (κ1) is 27.4. The summed E-state index contributed by atoms with van der Waals surface area (Å²) in [5.41, 5.74) is 5.91. The number of aromatic nitrogens is 1. The van der Waals surface area contributed by atoms with E-state index in [1.807, 2.05) is 51.4 Å².